The maximum absolute atomic E-state index is 13.9. The van der Waals surface area contributed by atoms with Crippen molar-refractivity contribution >= 4 is 15.4 Å². The molecular formula is C19H24F2OSi2. The van der Waals surface area contributed by atoms with Crippen LogP contribution in [0.3, 0.4) is 0 Å². The average molecular weight is 363 g/mol. The van der Waals surface area contributed by atoms with Gasteiger partial charge in [0.15, 0.2) is 15.4 Å². The molecule has 24 heavy (non-hydrogen) atoms. The van der Waals surface area contributed by atoms with Crippen molar-refractivity contribution in [1.29, 1.82) is 0 Å². The minimum Gasteiger partial charge on any atom is -0.406 e. The van der Waals surface area contributed by atoms with Crippen LogP contribution >= 0.6 is 0 Å². The molecule has 0 amide bonds. The van der Waals surface area contributed by atoms with E-state index in [0.717, 1.165) is 11.1 Å². The summed E-state index contributed by atoms with van der Waals surface area (Å²) in [6.45, 7) is 5.82. The summed E-state index contributed by atoms with van der Waals surface area (Å²) in [6.07, 6.45) is 0.629. The maximum Gasteiger partial charge on any atom is 0.221 e. The van der Waals surface area contributed by atoms with Gasteiger partial charge in [-0.15, -0.1) is 0 Å². The molecule has 1 aliphatic rings. The highest BCUT2D eigenvalue weighted by Gasteiger charge is 2.61. The molecule has 1 atom stereocenters. The SMILES string of the molecule is C[Si]1(C)OC(c2ccccc2)(c2ccccc2)CC[Si]1(C)C(F)F. The molecule has 0 N–H and O–H groups in total. The van der Waals surface area contributed by atoms with Gasteiger partial charge in [0.05, 0.1) is 0 Å². The van der Waals surface area contributed by atoms with E-state index in [0.29, 0.717) is 12.5 Å². The fourth-order valence-corrected chi connectivity index (χ4v) is 12.3. The van der Waals surface area contributed by atoms with Crippen LogP contribution in [0, 0.1) is 0 Å². The molecule has 1 nitrogen and oxygen atoms in total. The zero-order valence-corrected chi connectivity index (χ0v) is 16.4. The van der Waals surface area contributed by atoms with Gasteiger partial charge in [-0.1, -0.05) is 67.2 Å². The molecule has 1 unspecified atom stereocenters. The Labute approximate surface area is 144 Å². The standard InChI is InChI=1S/C19H24F2OSi2/c1-23(2)22-19(16-10-6-4-7-11-16,17-12-8-5-9-13-17)14-15-24(23,3)18(20)21/h4-13,18H,14-15H2,1-3H3. The number of alkyl halides is 2. The molecule has 0 aliphatic carbocycles. The Morgan fingerprint density at radius 2 is 1.33 bits per heavy atom. The van der Waals surface area contributed by atoms with E-state index in [1.807, 2.05) is 56.0 Å². The lowest BCUT2D eigenvalue weighted by Crippen LogP contribution is -2.69. The Bertz CT molecular complexity index is 652. The molecule has 1 saturated heterocycles. The van der Waals surface area contributed by atoms with Crippen LogP contribution in [0.2, 0.25) is 25.7 Å². The lowest BCUT2D eigenvalue weighted by molar-refractivity contribution is 0.0891. The fraction of sp³-hybridized carbons (Fsp3) is 0.368. The zero-order valence-electron chi connectivity index (χ0n) is 14.4. The third-order valence-electron chi connectivity index (χ3n) is 5.76. The lowest BCUT2D eigenvalue weighted by atomic mass is 9.84. The Kier molecular flexibility index (Phi) is 4.53. The Hall–Kier alpha value is -1.31. The molecule has 3 rings (SSSR count). The van der Waals surface area contributed by atoms with Gasteiger partial charge < -0.3 is 4.43 Å². The normalized spacial score (nSPS) is 25.6. The summed E-state index contributed by atoms with van der Waals surface area (Å²) >= 11 is 0. The van der Waals surface area contributed by atoms with E-state index in [-0.39, 0.29) is 0 Å². The summed E-state index contributed by atoms with van der Waals surface area (Å²) in [6, 6.07) is 18.6. The quantitative estimate of drug-likeness (QED) is 0.654. The number of hydrogen-bond acceptors (Lipinski definition) is 1. The number of benzene rings is 2. The van der Waals surface area contributed by atoms with Crippen molar-refractivity contribution < 1.29 is 13.2 Å². The molecule has 2 aromatic carbocycles. The van der Waals surface area contributed by atoms with E-state index in [4.69, 9.17) is 4.43 Å². The Morgan fingerprint density at radius 3 is 1.71 bits per heavy atom. The molecule has 0 bridgehead atoms. The summed E-state index contributed by atoms with van der Waals surface area (Å²) in [4.78, 5) is 0. The minimum absolute atomic E-state index is 0.598. The number of hydrogen-bond donors (Lipinski definition) is 0. The first-order chi connectivity index (χ1) is 11.3. The molecule has 5 heteroatoms. The topological polar surface area (TPSA) is 9.23 Å². The maximum atomic E-state index is 13.9. The van der Waals surface area contributed by atoms with Crippen LogP contribution in [-0.4, -0.2) is 21.5 Å². The van der Waals surface area contributed by atoms with Gasteiger partial charge in [0, 0.05) is 0 Å². The summed E-state index contributed by atoms with van der Waals surface area (Å²) in [5.41, 5.74) is 1.55. The molecule has 1 fully saturated rings. The lowest BCUT2D eigenvalue weighted by Gasteiger charge is -2.53. The van der Waals surface area contributed by atoms with Crippen LogP contribution in [-0.2, 0) is 10.0 Å². The van der Waals surface area contributed by atoms with E-state index in [9.17, 15) is 8.78 Å². The first kappa shape index (κ1) is 17.5. The van der Waals surface area contributed by atoms with Gasteiger partial charge in [-0.2, -0.15) is 0 Å². The summed E-state index contributed by atoms with van der Waals surface area (Å²) in [5.74, 6) is 0. The Morgan fingerprint density at radius 1 is 0.875 bits per heavy atom. The van der Waals surface area contributed by atoms with Crippen LogP contribution < -0.4 is 0 Å². The highest BCUT2D eigenvalue weighted by Crippen LogP contribution is 2.49. The fourth-order valence-electron chi connectivity index (χ4n) is 3.70. The van der Waals surface area contributed by atoms with Gasteiger partial charge in [-0.05, 0) is 36.7 Å². The predicted molar refractivity (Wildman–Crippen MR) is 99.3 cm³/mol. The Balaban J connectivity index is 2.13. The molecule has 0 radical (unpaired) electrons. The molecule has 0 spiro atoms. The van der Waals surface area contributed by atoms with Gasteiger partial charge in [-0.25, -0.2) is 8.78 Å². The largest absolute Gasteiger partial charge is 0.406 e. The molecule has 0 saturated carbocycles. The van der Waals surface area contributed by atoms with E-state index < -0.39 is 27.1 Å². The van der Waals surface area contributed by atoms with Crippen molar-refractivity contribution in [3.8, 4) is 0 Å². The molecule has 2 aromatic rings. The smallest absolute Gasteiger partial charge is 0.221 e. The van der Waals surface area contributed by atoms with Crippen molar-refractivity contribution in [3.05, 3.63) is 71.8 Å². The van der Waals surface area contributed by atoms with E-state index in [1.165, 1.54) is 0 Å². The second-order valence-electron chi connectivity index (χ2n) is 7.39. The van der Waals surface area contributed by atoms with Crippen LogP contribution in [0.1, 0.15) is 17.5 Å². The molecule has 1 heterocycles. The highest BCUT2D eigenvalue weighted by atomic mass is 29.3. The highest BCUT2D eigenvalue weighted by molar-refractivity contribution is 7.39. The first-order valence-electron chi connectivity index (χ1n) is 8.41. The van der Waals surface area contributed by atoms with Gasteiger partial charge in [0.2, 0.25) is 6.05 Å². The first-order valence-corrected chi connectivity index (χ1v) is 15.1. The van der Waals surface area contributed by atoms with Crippen molar-refractivity contribution in [2.45, 2.75) is 43.8 Å². The summed E-state index contributed by atoms with van der Waals surface area (Å²) in [7, 11) is -5.23. The number of halogens is 2. The second-order valence-corrected chi connectivity index (χ2v) is 21.4. The van der Waals surface area contributed by atoms with E-state index >= 15 is 0 Å². The van der Waals surface area contributed by atoms with Crippen molar-refractivity contribution in [2.75, 3.05) is 0 Å². The van der Waals surface area contributed by atoms with Crippen LogP contribution in [0.25, 0.3) is 0 Å². The zero-order chi connectivity index (χ0) is 17.4. The van der Waals surface area contributed by atoms with Gasteiger partial charge in [-0.3, -0.25) is 0 Å². The average Bonchev–Trinajstić information content (AvgIpc) is 2.58. The predicted octanol–water partition coefficient (Wildman–Crippen LogP) is 5.52. The monoisotopic (exact) mass is 362 g/mol. The third kappa shape index (κ3) is 2.68. The van der Waals surface area contributed by atoms with Crippen molar-refractivity contribution in [3.63, 3.8) is 0 Å². The summed E-state index contributed by atoms with van der Waals surface area (Å²) < 4.78 is 34.5. The van der Waals surface area contributed by atoms with Crippen molar-refractivity contribution in [2.24, 2.45) is 0 Å². The van der Waals surface area contributed by atoms with Gasteiger partial charge >= 0.3 is 0 Å². The molecule has 128 valence electrons. The minimum atomic E-state index is -2.71. The second kappa shape index (κ2) is 6.20. The van der Waals surface area contributed by atoms with Gasteiger partial charge in [0.25, 0.3) is 0 Å². The van der Waals surface area contributed by atoms with Crippen LogP contribution in [0.5, 0.6) is 0 Å². The van der Waals surface area contributed by atoms with Gasteiger partial charge in [0.1, 0.15) is 5.60 Å². The summed E-state index contributed by atoms with van der Waals surface area (Å²) in [5, 5.41) is 0. The van der Waals surface area contributed by atoms with Crippen LogP contribution in [0.15, 0.2) is 60.7 Å². The molecular weight excluding hydrogens is 338 g/mol. The van der Waals surface area contributed by atoms with E-state index in [2.05, 4.69) is 24.3 Å². The molecule has 1 aliphatic heterocycles. The third-order valence-corrected chi connectivity index (χ3v) is 21.6. The molecule has 0 aromatic heterocycles. The van der Waals surface area contributed by atoms with Crippen LogP contribution in [0.4, 0.5) is 8.78 Å². The van der Waals surface area contributed by atoms with Crippen molar-refractivity contribution in [1.82, 2.24) is 0 Å². The number of rotatable bonds is 3. The van der Waals surface area contributed by atoms with E-state index in [1.54, 1.807) is 0 Å².